The smallest absolute Gasteiger partial charge is 0.332 e. The van der Waals surface area contributed by atoms with Crippen LogP contribution in [0.1, 0.15) is 58.8 Å². The molecule has 1 fully saturated rings. The van der Waals surface area contributed by atoms with Crippen LogP contribution >= 0.6 is 0 Å². The van der Waals surface area contributed by atoms with Gasteiger partial charge in [-0.1, -0.05) is 33.1 Å². The molecule has 0 radical (unpaired) electrons. The van der Waals surface area contributed by atoms with Crippen LogP contribution in [-0.2, 0) is 14.3 Å². The molecule has 25 heavy (non-hydrogen) atoms. The maximum atomic E-state index is 11.5. The minimum Gasteiger partial charge on any atom is -0.478 e. The molecule has 6 heteroatoms. The van der Waals surface area contributed by atoms with Crippen LogP contribution in [0.25, 0.3) is 0 Å². The summed E-state index contributed by atoms with van der Waals surface area (Å²) in [5.74, 6) is -2.01. The molecule has 0 bridgehead atoms. The summed E-state index contributed by atoms with van der Waals surface area (Å²) in [7, 11) is 0. The van der Waals surface area contributed by atoms with Gasteiger partial charge < -0.3 is 14.9 Å². The van der Waals surface area contributed by atoms with E-state index < -0.39 is 11.9 Å². The Kier molecular flexibility index (Phi) is 10.4. The molecule has 0 aromatic carbocycles. The first-order valence-electron chi connectivity index (χ1n) is 9.44. The highest BCUT2D eigenvalue weighted by molar-refractivity contribution is 5.98. The molecule has 6 nitrogen and oxygen atoms in total. The van der Waals surface area contributed by atoms with Crippen molar-refractivity contribution < 1.29 is 24.5 Å². The van der Waals surface area contributed by atoms with Crippen molar-refractivity contribution in [3.63, 3.8) is 0 Å². The summed E-state index contributed by atoms with van der Waals surface area (Å²) in [4.78, 5) is 25.4. The molecule has 0 aromatic rings. The molecule has 0 aromatic heterocycles. The van der Waals surface area contributed by atoms with Crippen molar-refractivity contribution in [3.8, 4) is 0 Å². The second-order valence-electron chi connectivity index (χ2n) is 6.90. The molecule has 0 aliphatic carbocycles. The van der Waals surface area contributed by atoms with Gasteiger partial charge in [-0.05, 0) is 38.1 Å². The third-order valence-electron chi connectivity index (χ3n) is 4.88. The Bertz CT molecular complexity index is 455. The van der Waals surface area contributed by atoms with Crippen LogP contribution in [0.4, 0.5) is 0 Å². The van der Waals surface area contributed by atoms with E-state index in [1.807, 2.05) is 13.8 Å². The number of rotatable bonds is 12. The summed E-state index contributed by atoms with van der Waals surface area (Å²) < 4.78 is 5.32. The number of hydrogen-bond donors (Lipinski definition) is 2. The van der Waals surface area contributed by atoms with E-state index in [1.54, 1.807) is 0 Å². The van der Waals surface area contributed by atoms with Gasteiger partial charge in [-0.15, -0.1) is 0 Å². The minimum absolute atomic E-state index is 0.0789. The van der Waals surface area contributed by atoms with Gasteiger partial charge in [-0.2, -0.15) is 0 Å². The van der Waals surface area contributed by atoms with Gasteiger partial charge in [0.2, 0.25) is 0 Å². The number of unbranched alkanes of at least 4 members (excludes halogenated alkanes) is 3. The Morgan fingerprint density at radius 2 is 1.60 bits per heavy atom. The fourth-order valence-electron chi connectivity index (χ4n) is 3.03. The molecule has 1 rings (SSSR count). The molecule has 0 amide bonds. The average Bonchev–Trinajstić information content (AvgIpc) is 2.59. The lowest BCUT2D eigenvalue weighted by Gasteiger charge is -2.26. The lowest BCUT2D eigenvalue weighted by Crippen LogP contribution is -2.36. The summed E-state index contributed by atoms with van der Waals surface area (Å²) in [5.41, 5.74) is 0.163. The maximum Gasteiger partial charge on any atom is 0.332 e. The van der Waals surface area contributed by atoms with Gasteiger partial charge in [-0.25, -0.2) is 9.59 Å². The highest BCUT2D eigenvalue weighted by Crippen LogP contribution is 2.22. The normalized spacial score (nSPS) is 17.8. The molecule has 144 valence electrons. The topological polar surface area (TPSA) is 87.1 Å². The van der Waals surface area contributed by atoms with Crippen LogP contribution in [-0.4, -0.2) is 59.9 Å². The zero-order valence-electron chi connectivity index (χ0n) is 15.6. The Hall–Kier alpha value is -1.40. The van der Waals surface area contributed by atoms with Gasteiger partial charge in [0.25, 0.3) is 0 Å². The standard InChI is InChI=1S/C19H33NO5/c1-3-15(2)14-17(19(23)24)16(18(21)22)8-6-4-5-7-9-20-10-12-25-13-11-20/h15H,3-14H2,1-2H3,(H,21,22)(H,23,24). The van der Waals surface area contributed by atoms with Crippen LogP contribution in [0.5, 0.6) is 0 Å². The number of aliphatic carboxylic acids is 2. The monoisotopic (exact) mass is 355 g/mol. The van der Waals surface area contributed by atoms with Gasteiger partial charge >= 0.3 is 11.9 Å². The molecule has 1 aliphatic heterocycles. The maximum absolute atomic E-state index is 11.5. The fourth-order valence-corrected chi connectivity index (χ4v) is 3.03. The number of hydrogen-bond acceptors (Lipinski definition) is 4. The largest absolute Gasteiger partial charge is 0.478 e. The lowest BCUT2D eigenvalue weighted by molar-refractivity contribution is -0.136. The van der Waals surface area contributed by atoms with Crippen LogP contribution in [0.15, 0.2) is 11.1 Å². The number of nitrogens with zero attached hydrogens (tertiary/aromatic N) is 1. The average molecular weight is 355 g/mol. The van der Waals surface area contributed by atoms with Gasteiger partial charge in [0.05, 0.1) is 13.2 Å². The summed E-state index contributed by atoms with van der Waals surface area (Å²) in [5, 5.41) is 18.8. The summed E-state index contributed by atoms with van der Waals surface area (Å²) in [6.45, 7) is 8.58. The first kappa shape index (κ1) is 21.6. The first-order chi connectivity index (χ1) is 12.0. The second kappa shape index (κ2) is 12.0. The highest BCUT2D eigenvalue weighted by atomic mass is 16.5. The molecule has 1 aliphatic rings. The zero-order valence-corrected chi connectivity index (χ0v) is 15.6. The van der Waals surface area contributed by atoms with Crippen LogP contribution < -0.4 is 0 Å². The van der Waals surface area contributed by atoms with Crippen molar-refractivity contribution in [1.82, 2.24) is 4.90 Å². The van der Waals surface area contributed by atoms with Crippen LogP contribution in [0.3, 0.4) is 0 Å². The first-order valence-corrected chi connectivity index (χ1v) is 9.44. The lowest BCUT2D eigenvalue weighted by atomic mass is 9.92. The molecule has 2 N–H and O–H groups in total. The summed E-state index contributed by atoms with van der Waals surface area (Å²) >= 11 is 0. The third-order valence-corrected chi connectivity index (χ3v) is 4.88. The molecule has 1 saturated heterocycles. The second-order valence-corrected chi connectivity index (χ2v) is 6.90. The Morgan fingerprint density at radius 3 is 2.16 bits per heavy atom. The Morgan fingerprint density at radius 1 is 1.00 bits per heavy atom. The predicted molar refractivity (Wildman–Crippen MR) is 96.7 cm³/mol. The van der Waals surface area contributed by atoms with E-state index in [9.17, 15) is 19.8 Å². The predicted octanol–water partition coefficient (Wildman–Crippen LogP) is 3.17. The third kappa shape index (κ3) is 8.50. The summed E-state index contributed by atoms with van der Waals surface area (Å²) in [6.07, 6.45) is 5.28. The van der Waals surface area contributed by atoms with Gasteiger partial charge in [0.1, 0.15) is 0 Å². The van der Waals surface area contributed by atoms with Crippen molar-refractivity contribution in [1.29, 1.82) is 0 Å². The van der Waals surface area contributed by atoms with Crippen molar-refractivity contribution in [3.05, 3.63) is 11.1 Å². The van der Waals surface area contributed by atoms with Crippen molar-refractivity contribution in [2.75, 3.05) is 32.8 Å². The van der Waals surface area contributed by atoms with E-state index in [0.717, 1.165) is 65.0 Å². The Labute approximate surface area is 150 Å². The fraction of sp³-hybridized carbons (Fsp3) is 0.789. The van der Waals surface area contributed by atoms with E-state index in [0.29, 0.717) is 12.8 Å². The van der Waals surface area contributed by atoms with E-state index in [1.165, 1.54) is 0 Å². The molecular weight excluding hydrogens is 322 g/mol. The number of carboxylic acid groups (broad SMARTS) is 2. The Balaban J connectivity index is 2.41. The molecular formula is C19H33NO5. The van der Waals surface area contributed by atoms with E-state index in [-0.39, 0.29) is 17.1 Å². The molecule has 1 heterocycles. The van der Waals surface area contributed by atoms with Gasteiger partial charge in [-0.3, -0.25) is 4.90 Å². The molecule has 1 atom stereocenters. The van der Waals surface area contributed by atoms with E-state index in [4.69, 9.17) is 4.74 Å². The number of ether oxygens (including phenoxy) is 1. The minimum atomic E-state index is -1.09. The zero-order chi connectivity index (χ0) is 18.7. The molecule has 0 saturated carbocycles. The molecule has 1 unspecified atom stereocenters. The quantitative estimate of drug-likeness (QED) is 0.413. The van der Waals surface area contributed by atoms with Crippen LogP contribution in [0.2, 0.25) is 0 Å². The van der Waals surface area contributed by atoms with Crippen molar-refractivity contribution in [2.45, 2.75) is 58.8 Å². The van der Waals surface area contributed by atoms with E-state index in [2.05, 4.69) is 4.90 Å². The van der Waals surface area contributed by atoms with Crippen molar-refractivity contribution >= 4 is 11.9 Å². The number of carbonyl (C=O) groups is 2. The van der Waals surface area contributed by atoms with Gasteiger partial charge in [0.15, 0.2) is 0 Å². The summed E-state index contributed by atoms with van der Waals surface area (Å²) in [6, 6.07) is 0. The van der Waals surface area contributed by atoms with Crippen LogP contribution in [0, 0.1) is 5.92 Å². The van der Waals surface area contributed by atoms with E-state index >= 15 is 0 Å². The SMILES string of the molecule is CCC(C)CC(C(=O)O)=C(CCCCCCN1CCOCC1)C(=O)O. The highest BCUT2D eigenvalue weighted by Gasteiger charge is 2.21. The van der Waals surface area contributed by atoms with Gasteiger partial charge in [0, 0.05) is 24.2 Å². The number of morpholine rings is 1. The molecule has 0 spiro atoms. The number of carboxylic acids is 2. The van der Waals surface area contributed by atoms with Crippen molar-refractivity contribution in [2.24, 2.45) is 5.92 Å².